The van der Waals surface area contributed by atoms with E-state index in [9.17, 15) is 8.78 Å². The van der Waals surface area contributed by atoms with Crippen LogP contribution in [0.2, 0.25) is 0 Å². The molecule has 0 saturated heterocycles. The lowest BCUT2D eigenvalue weighted by Gasteiger charge is -2.01. The molecule has 13 heavy (non-hydrogen) atoms. The van der Waals surface area contributed by atoms with Crippen molar-refractivity contribution in [2.45, 2.75) is 6.43 Å². The van der Waals surface area contributed by atoms with E-state index in [1.54, 1.807) is 18.2 Å². The van der Waals surface area contributed by atoms with E-state index in [0.717, 1.165) is 10.8 Å². The van der Waals surface area contributed by atoms with Crippen molar-refractivity contribution < 1.29 is 8.78 Å². The number of benzene rings is 2. The van der Waals surface area contributed by atoms with Gasteiger partial charge in [0.2, 0.25) is 0 Å². The normalized spacial score (nSPS) is 11.0. The summed E-state index contributed by atoms with van der Waals surface area (Å²) in [5.74, 6) is 0. The Labute approximate surface area is 74.8 Å². The molecule has 2 aromatic carbocycles. The molecule has 65 valence electrons. The minimum absolute atomic E-state index is 0.0621. The standard InChI is InChI=1S/C11H7F2/c12-11(13)10-6-5-8-3-1-2-4-9(8)7-10/h1,3-7,11H. The fourth-order valence-electron chi connectivity index (χ4n) is 1.28. The molecule has 0 aliphatic rings. The largest absolute Gasteiger partial charge is 0.263 e. The second-order valence-corrected chi connectivity index (χ2v) is 2.83. The van der Waals surface area contributed by atoms with Gasteiger partial charge in [-0.2, -0.15) is 0 Å². The van der Waals surface area contributed by atoms with Gasteiger partial charge in [-0.05, 0) is 29.0 Å². The quantitative estimate of drug-likeness (QED) is 0.624. The summed E-state index contributed by atoms with van der Waals surface area (Å²) in [6.45, 7) is 0. The summed E-state index contributed by atoms with van der Waals surface area (Å²) in [5.41, 5.74) is 0.0621. The Morgan fingerprint density at radius 3 is 2.69 bits per heavy atom. The molecule has 0 nitrogen and oxygen atoms in total. The van der Waals surface area contributed by atoms with Gasteiger partial charge in [0.1, 0.15) is 0 Å². The number of halogens is 2. The third-order valence-electron chi connectivity index (χ3n) is 1.96. The van der Waals surface area contributed by atoms with Gasteiger partial charge in [-0.25, -0.2) is 8.78 Å². The zero-order valence-electron chi connectivity index (χ0n) is 6.80. The molecule has 2 heteroatoms. The van der Waals surface area contributed by atoms with E-state index in [1.165, 1.54) is 12.1 Å². The molecular formula is C11H7F2. The first-order chi connectivity index (χ1) is 6.27. The van der Waals surface area contributed by atoms with E-state index in [-0.39, 0.29) is 5.56 Å². The lowest BCUT2D eigenvalue weighted by molar-refractivity contribution is 0.151. The van der Waals surface area contributed by atoms with Crippen LogP contribution in [0.3, 0.4) is 0 Å². The van der Waals surface area contributed by atoms with Crippen LogP contribution in [-0.4, -0.2) is 0 Å². The van der Waals surface area contributed by atoms with Crippen LogP contribution >= 0.6 is 0 Å². The zero-order valence-corrected chi connectivity index (χ0v) is 6.80. The molecule has 0 saturated carbocycles. The maximum absolute atomic E-state index is 12.3. The summed E-state index contributed by atoms with van der Waals surface area (Å²) < 4.78 is 24.6. The van der Waals surface area contributed by atoms with Crippen LogP contribution in [-0.2, 0) is 0 Å². The topological polar surface area (TPSA) is 0 Å². The van der Waals surface area contributed by atoms with Crippen molar-refractivity contribution in [1.82, 2.24) is 0 Å². The molecule has 0 N–H and O–H groups in total. The van der Waals surface area contributed by atoms with E-state index in [1.807, 2.05) is 6.07 Å². The Bertz CT molecular complexity index is 421. The highest BCUT2D eigenvalue weighted by atomic mass is 19.3. The number of hydrogen-bond donors (Lipinski definition) is 0. The molecule has 1 radical (unpaired) electrons. The Kier molecular flexibility index (Phi) is 1.97. The highest BCUT2D eigenvalue weighted by Gasteiger charge is 2.06. The summed E-state index contributed by atoms with van der Waals surface area (Å²) in [6.07, 6.45) is -2.40. The predicted molar refractivity (Wildman–Crippen MR) is 47.7 cm³/mol. The van der Waals surface area contributed by atoms with Crippen molar-refractivity contribution in [2.75, 3.05) is 0 Å². The summed E-state index contributed by atoms with van der Waals surface area (Å²) in [4.78, 5) is 0. The lowest BCUT2D eigenvalue weighted by Crippen LogP contribution is -1.83. The third kappa shape index (κ3) is 1.52. The van der Waals surface area contributed by atoms with Gasteiger partial charge in [0.05, 0.1) is 0 Å². The van der Waals surface area contributed by atoms with Crippen LogP contribution in [0.25, 0.3) is 10.8 Å². The van der Waals surface area contributed by atoms with E-state index in [4.69, 9.17) is 0 Å². The first-order valence-corrected chi connectivity index (χ1v) is 3.95. The fourth-order valence-corrected chi connectivity index (χ4v) is 1.28. The summed E-state index contributed by atoms with van der Waals surface area (Å²) in [6, 6.07) is 12.8. The first kappa shape index (κ1) is 8.17. The van der Waals surface area contributed by atoms with E-state index in [0.29, 0.717) is 0 Å². The number of alkyl halides is 2. The van der Waals surface area contributed by atoms with Gasteiger partial charge in [0, 0.05) is 5.56 Å². The van der Waals surface area contributed by atoms with Crippen molar-refractivity contribution >= 4 is 10.8 Å². The van der Waals surface area contributed by atoms with Crippen LogP contribution in [0.15, 0.2) is 36.4 Å². The summed E-state index contributed by atoms with van der Waals surface area (Å²) >= 11 is 0. The molecule has 0 aromatic heterocycles. The van der Waals surface area contributed by atoms with E-state index < -0.39 is 6.43 Å². The molecule has 2 rings (SSSR count). The van der Waals surface area contributed by atoms with Gasteiger partial charge in [-0.3, -0.25) is 0 Å². The van der Waals surface area contributed by atoms with Crippen molar-refractivity contribution in [2.24, 2.45) is 0 Å². The van der Waals surface area contributed by atoms with Gasteiger partial charge in [0.15, 0.2) is 0 Å². The molecule has 0 heterocycles. The molecule has 0 atom stereocenters. The van der Waals surface area contributed by atoms with Gasteiger partial charge in [-0.1, -0.05) is 24.3 Å². The predicted octanol–water partition coefficient (Wildman–Crippen LogP) is 3.58. The van der Waals surface area contributed by atoms with Gasteiger partial charge in [0.25, 0.3) is 6.43 Å². The Balaban J connectivity index is 2.62. The van der Waals surface area contributed by atoms with E-state index >= 15 is 0 Å². The summed E-state index contributed by atoms with van der Waals surface area (Å²) in [5, 5.41) is 1.77. The van der Waals surface area contributed by atoms with Crippen molar-refractivity contribution in [3.8, 4) is 0 Å². The monoisotopic (exact) mass is 177 g/mol. The molecule has 0 bridgehead atoms. The third-order valence-corrected chi connectivity index (χ3v) is 1.96. The van der Waals surface area contributed by atoms with Gasteiger partial charge < -0.3 is 0 Å². The highest BCUT2D eigenvalue weighted by Crippen LogP contribution is 2.23. The maximum Gasteiger partial charge on any atom is 0.263 e. The van der Waals surface area contributed by atoms with Gasteiger partial charge in [-0.15, -0.1) is 0 Å². The molecule has 0 spiro atoms. The SMILES string of the molecule is FC(F)c1ccc2cc[c]cc2c1. The molecule has 0 amide bonds. The minimum Gasteiger partial charge on any atom is -0.205 e. The summed E-state index contributed by atoms with van der Waals surface area (Å²) in [7, 11) is 0. The molecule has 0 unspecified atom stereocenters. The van der Waals surface area contributed by atoms with Crippen molar-refractivity contribution in [3.05, 3.63) is 48.0 Å². The van der Waals surface area contributed by atoms with Crippen LogP contribution in [0, 0.1) is 6.07 Å². The fraction of sp³-hybridized carbons (Fsp3) is 0.0909. The average molecular weight is 177 g/mol. The van der Waals surface area contributed by atoms with Crippen LogP contribution in [0.4, 0.5) is 8.78 Å². The minimum atomic E-state index is -2.40. The highest BCUT2D eigenvalue weighted by molar-refractivity contribution is 5.82. The Morgan fingerprint density at radius 1 is 1.08 bits per heavy atom. The second kappa shape index (κ2) is 3.13. The number of hydrogen-bond acceptors (Lipinski definition) is 0. The molecule has 0 fully saturated rings. The molecular weight excluding hydrogens is 170 g/mol. The molecule has 2 aromatic rings. The second-order valence-electron chi connectivity index (χ2n) is 2.83. The number of rotatable bonds is 1. The number of fused-ring (bicyclic) bond motifs is 1. The van der Waals surface area contributed by atoms with Crippen LogP contribution in [0.1, 0.15) is 12.0 Å². The van der Waals surface area contributed by atoms with Crippen LogP contribution < -0.4 is 0 Å². The Morgan fingerprint density at radius 2 is 1.92 bits per heavy atom. The molecule has 0 aliphatic carbocycles. The van der Waals surface area contributed by atoms with Gasteiger partial charge >= 0.3 is 0 Å². The maximum atomic E-state index is 12.3. The molecule has 0 aliphatic heterocycles. The smallest absolute Gasteiger partial charge is 0.205 e. The van der Waals surface area contributed by atoms with Crippen LogP contribution in [0.5, 0.6) is 0 Å². The lowest BCUT2D eigenvalue weighted by atomic mass is 10.1. The average Bonchev–Trinajstić information content (AvgIpc) is 2.17. The Hall–Kier alpha value is -1.44. The van der Waals surface area contributed by atoms with Crippen molar-refractivity contribution in [3.63, 3.8) is 0 Å². The zero-order chi connectivity index (χ0) is 9.26. The first-order valence-electron chi connectivity index (χ1n) is 3.95. The van der Waals surface area contributed by atoms with Crippen molar-refractivity contribution in [1.29, 1.82) is 0 Å². The van der Waals surface area contributed by atoms with E-state index in [2.05, 4.69) is 6.07 Å².